The standard InChI is InChI=1S/C20H25N3O/c1-3-22(4-2)18-12-10-17(11-13-18)14-21-23(15-20-16-24-20)19-8-6-5-7-9-19/h5-14,20H,3-4,15-16H2,1-2H3/b21-14+. The Morgan fingerprint density at radius 2 is 1.67 bits per heavy atom. The number of rotatable bonds is 8. The lowest BCUT2D eigenvalue weighted by molar-refractivity contribution is 0.408. The van der Waals surface area contributed by atoms with Gasteiger partial charge in [-0.1, -0.05) is 30.3 Å². The van der Waals surface area contributed by atoms with Crippen molar-refractivity contribution in [3.8, 4) is 0 Å². The van der Waals surface area contributed by atoms with Crippen molar-refractivity contribution in [2.45, 2.75) is 20.0 Å². The van der Waals surface area contributed by atoms with Gasteiger partial charge in [0.1, 0.15) is 6.10 Å². The molecule has 4 heteroatoms. The summed E-state index contributed by atoms with van der Waals surface area (Å²) >= 11 is 0. The van der Waals surface area contributed by atoms with Gasteiger partial charge in [-0.2, -0.15) is 5.10 Å². The van der Waals surface area contributed by atoms with Crippen LogP contribution in [0.15, 0.2) is 59.7 Å². The van der Waals surface area contributed by atoms with Crippen molar-refractivity contribution < 1.29 is 4.74 Å². The Balaban J connectivity index is 1.72. The molecule has 24 heavy (non-hydrogen) atoms. The van der Waals surface area contributed by atoms with E-state index >= 15 is 0 Å². The van der Waals surface area contributed by atoms with Gasteiger partial charge in [-0.3, -0.25) is 5.01 Å². The molecule has 0 saturated carbocycles. The van der Waals surface area contributed by atoms with Gasteiger partial charge in [0, 0.05) is 18.8 Å². The Hall–Kier alpha value is -2.33. The number of hydrogen-bond donors (Lipinski definition) is 0. The van der Waals surface area contributed by atoms with E-state index in [0.29, 0.717) is 6.10 Å². The average Bonchev–Trinajstić information content (AvgIpc) is 3.45. The first-order valence-corrected chi connectivity index (χ1v) is 8.63. The number of hydrogen-bond acceptors (Lipinski definition) is 4. The van der Waals surface area contributed by atoms with Gasteiger partial charge in [0.05, 0.1) is 25.1 Å². The summed E-state index contributed by atoms with van der Waals surface area (Å²) in [5.74, 6) is 0. The highest BCUT2D eigenvalue weighted by Gasteiger charge is 2.25. The maximum absolute atomic E-state index is 5.36. The quantitative estimate of drug-likeness (QED) is 0.421. The van der Waals surface area contributed by atoms with E-state index in [2.05, 4.69) is 60.2 Å². The molecule has 1 atom stereocenters. The monoisotopic (exact) mass is 323 g/mol. The second-order valence-electron chi connectivity index (χ2n) is 5.88. The highest BCUT2D eigenvalue weighted by atomic mass is 16.6. The van der Waals surface area contributed by atoms with E-state index in [-0.39, 0.29) is 0 Å². The first-order chi connectivity index (χ1) is 11.8. The number of nitrogens with zero attached hydrogens (tertiary/aromatic N) is 3. The summed E-state index contributed by atoms with van der Waals surface area (Å²) in [6.07, 6.45) is 2.22. The van der Waals surface area contributed by atoms with Crippen LogP contribution in [0.2, 0.25) is 0 Å². The predicted octanol–water partition coefficient (Wildman–Crippen LogP) is 3.77. The van der Waals surface area contributed by atoms with Gasteiger partial charge in [-0.25, -0.2) is 0 Å². The van der Waals surface area contributed by atoms with E-state index < -0.39 is 0 Å². The molecule has 1 heterocycles. The molecular formula is C20H25N3O. The fraction of sp³-hybridized carbons (Fsp3) is 0.350. The number of anilines is 2. The molecule has 1 aliphatic rings. The van der Waals surface area contributed by atoms with E-state index in [4.69, 9.17) is 4.74 Å². The topological polar surface area (TPSA) is 31.4 Å². The molecule has 0 amide bonds. The van der Waals surface area contributed by atoms with Gasteiger partial charge >= 0.3 is 0 Å². The van der Waals surface area contributed by atoms with Crippen LogP contribution in [0.4, 0.5) is 11.4 Å². The Morgan fingerprint density at radius 1 is 1.00 bits per heavy atom. The fourth-order valence-electron chi connectivity index (χ4n) is 2.68. The van der Waals surface area contributed by atoms with Crippen molar-refractivity contribution in [2.24, 2.45) is 5.10 Å². The largest absolute Gasteiger partial charge is 0.372 e. The van der Waals surface area contributed by atoms with E-state index in [1.54, 1.807) is 0 Å². The third-order valence-corrected chi connectivity index (χ3v) is 4.20. The number of para-hydroxylation sites is 1. The molecule has 0 spiro atoms. The third kappa shape index (κ3) is 4.36. The summed E-state index contributed by atoms with van der Waals surface area (Å²) < 4.78 is 5.36. The summed E-state index contributed by atoms with van der Waals surface area (Å²) in [5.41, 5.74) is 3.44. The van der Waals surface area contributed by atoms with Crippen LogP contribution < -0.4 is 9.91 Å². The number of benzene rings is 2. The zero-order valence-electron chi connectivity index (χ0n) is 14.4. The zero-order chi connectivity index (χ0) is 16.8. The highest BCUT2D eigenvalue weighted by molar-refractivity contribution is 5.81. The molecule has 4 nitrogen and oxygen atoms in total. The van der Waals surface area contributed by atoms with Crippen LogP contribution in [0.5, 0.6) is 0 Å². The minimum atomic E-state index is 0.299. The van der Waals surface area contributed by atoms with Gasteiger partial charge < -0.3 is 9.64 Å². The molecule has 0 aromatic heterocycles. The Bertz CT molecular complexity index is 646. The molecule has 0 radical (unpaired) electrons. The van der Waals surface area contributed by atoms with Crippen LogP contribution in [0.3, 0.4) is 0 Å². The first-order valence-electron chi connectivity index (χ1n) is 8.63. The molecule has 1 unspecified atom stereocenters. The lowest BCUT2D eigenvalue weighted by Crippen LogP contribution is -2.22. The van der Waals surface area contributed by atoms with E-state index in [1.807, 2.05) is 29.4 Å². The van der Waals surface area contributed by atoms with Crippen molar-refractivity contribution in [2.75, 3.05) is 36.1 Å². The van der Waals surface area contributed by atoms with Crippen LogP contribution in [0.25, 0.3) is 0 Å². The molecule has 0 bridgehead atoms. The van der Waals surface area contributed by atoms with Crippen molar-refractivity contribution >= 4 is 17.6 Å². The molecule has 1 saturated heterocycles. The summed E-state index contributed by atoms with van der Waals surface area (Å²) in [4.78, 5) is 2.33. The molecule has 1 fully saturated rings. The van der Waals surface area contributed by atoms with E-state index in [9.17, 15) is 0 Å². The van der Waals surface area contributed by atoms with E-state index in [1.165, 1.54) is 5.69 Å². The zero-order valence-corrected chi connectivity index (χ0v) is 14.4. The summed E-state index contributed by atoms with van der Waals surface area (Å²) in [5, 5.41) is 6.68. The molecule has 1 aliphatic heterocycles. The van der Waals surface area contributed by atoms with Gasteiger partial charge in [0.15, 0.2) is 0 Å². The van der Waals surface area contributed by atoms with Crippen LogP contribution in [-0.2, 0) is 4.74 Å². The maximum atomic E-state index is 5.36. The number of ether oxygens (including phenoxy) is 1. The Morgan fingerprint density at radius 3 is 2.25 bits per heavy atom. The SMILES string of the molecule is CCN(CC)c1ccc(/C=N/N(CC2CO2)c2ccccc2)cc1. The first kappa shape index (κ1) is 16.5. The van der Waals surface area contributed by atoms with Gasteiger partial charge in [-0.05, 0) is 43.7 Å². The second-order valence-corrected chi connectivity index (χ2v) is 5.88. The molecule has 126 valence electrons. The van der Waals surface area contributed by atoms with Gasteiger partial charge in [0.25, 0.3) is 0 Å². The van der Waals surface area contributed by atoms with Crippen molar-refractivity contribution in [3.05, 3.63) is 60.2 Å². The molecule has 2 aromatic carbocycles. The van der Waals surface area contributed by atoms with Crippen molar-refractivity contribution in [1.29, 1.82) is 0 Å². The van der Waals surface area contributed by atoms with Gasteiger partial charge in [-0.15, -0.1) is 0 Å². The number of hydrazone groups is 1. The Labute approximate surface area is 144 Å². The second kappa shape index (κ2) is 7.97. The molecule has 3 rings (SSSR count). The van der Waals surface area contributed by atoms with E-state index in [0.717, 1.165) is 37.5 Å². The lowest BCUT2D eigenvalue weighted by atomic mass is 10.2. The summed E-state index contributed by atoms with van der Waals surface area (Å²) in [6.45, 7) is 8.02. The normalized spacial score (nSPS) is 16.3. The predicted molar refractivity (Wildman–Crippen MR) is 101 cm³/mol. The minimum Gasteiger partial charge on any atom is -0.372 e. The fourth-order valence-corrected chi connectivity index (χ4v) is 2.68. The van der Waals surface area contributed by atoms with Crippen LogP contribution in [-0.4, -0.2) is 38.6 Å². The summed E-state index contributed by atoms with van der Waals surface area (Å²) in [7, 11) is 0. The van der Waals surface area contributed by atoms with Gasteiger partial charge in [0.2, 0.25) is 0 Å². The lowest BCUT2D eigenvalue weighted by Gasteiger charge is -2.21. The van der Waals surface area contributed by atoms with Crippen LogP contribution in [0, 0.1) is 0 Å². The Kier molecular flexibility index (Phi) is 5.49. The minimum absolute atomic E-state index is 0.299. The molecule has 0 N–H and O–H groups in total. The van der Waals surface area contributed by atoms with Crippen molar-refractivity contribution in [1.82, 2.24) is 0 Å². The smallest absolute Gasteiger partial charge is 0.101 e. The third-order valence-electron chi connectivity index (χ3n) is 4.20. The average molecular weight is 323 g/mol. The highest BCUT2D eigenvalue weighted by Crippen LogP contribution is 2.19. The molecular weight excluding hydrogens is 298 g/mol. The summed E-state index contributed by atoms with van der Waals surface area (Å²) in [6, 6.07) is 18.8. The van der Waals surface area contributed by atoms with Crippen LogP contribution >= 0.6 is 0 Å². The molecule has 2 aromatic rings. The molecule has 0 aliphatic carbocycles. The number of epoxide rings is 1. The van der Waals surface area contributed by atoms with Crippen molar-refractivity contribution in [3.63, 3.8) is 0 Å². The van der Waals surface area contributed by atoms with Crippen LogP contribution in [0.1, 0.15) is 19.4 Å². The maximum Gasteiger partial charge on any atom is 0.101 e.